The molecule has 0 spiro atoms. The summed E-state index contributed by atoms with van der Waals surface area (Å²) in [6, 6.07) is 3.89. The van der Waals surface area contributed by atoms with Gasteiger partial charge >= 0.3 is 0 Å². The van der Waals surface area contributed by atoms with E-state index in [1.807, 2.05) is 31.0 Å². The summed E-state index contributed by atoms with van der Waals surface area (Å²) in [5.41, 5.74) is 1.62. The Balaban J connectivity index is 1.58. The molecule has 0 unspecified atom stereocenters. The molecule has 1 fully saturated rings. The van der Waals surface area contributed by atoms with Crippen molar-refractivity contribution < 1.29 is 9.21 Å². The number of amides is 1. The fourth-order valence-corrected chi connectivity index (χ4v) is 2.61. The number of carbonyl (C=O) groups excluding carboxylic acids is 1. The van der Waals surface area contributed by atoms with Gasteiger partial charge in [-0.05, 0) is 19.1 Å². The number of hydrogen-bond acceptors (Lipinski definition) is 4. The Hall–Kier alpha value is -2.08. The Labute approximate surface area is 123 Å². The van der Waals surface area contributed by atoms with Gasteiger partial charge in [-0.15, -0.1) is 0 Å². The quantitative estimate of drug-likeness (QED) is 0.854. The van der Waals surface area contributed by atoms with Gasteiger partial charge < -0.3 is 9.32 Å². The van der Waals surface area contributed by atoms with Gasteiger partial charge in [-0.25, -0.2) is 0 Å². The molecule has 1 aliphatic rings. The van der Waals surface area contributed by atoms with Gasteiger partial charge in [0.05, 0.1) is 24.6 Å². The highest BCUT2D eigenvalue weighted by atomic mass is 16.3. The van der Waals surface area contributed by atoms with Gasteiger partial charge in [-0.1, -0.05) is 0 Å². The first-order chi connectivity index (χ1) is 10.1. The lowest BCUT2D eigenvalue weighted by Gasteiger charge is -2.34. The summed E-state index contributed by atoms with van der Waals surface area (Å²) >= 11 is 0. The molecule has 2 aromatic heterocycles. The topological polar surface area (TPSA) is 54.5 Å². The zero-order valence-electron chi connectivity index (χ0n) is 12.5. The summed E-state index contributed by atoms with van der Waals surface area (Å²) in [7, 11) is 1.85. The molecule has 3 heterocycles. The van der Waals surface area contributed by atoms with Crippen molar-refractivity contribution >= 4 is 5.91 Å². The molecule has 3 rings (SSSR count). The van der Waals surface area contributed by atoms with Crippen LogP contribution in [0.25, 0.3) is 0 Å². The number of nitrogens with zero attached hydrogens (tertiary/aromatic N) is 4. The molecule has 1 aliphatic heterocycles. The Morgan fingerprint density at radius 3 is 2.67 bits per heavy atom. The highest BCUT2D eigenvalue weighted by Gasteiger charge is 2.24. The molecule has 1 saturated heterocycles. The van der Waals surface area contributed by atoms with E-state index < -0.39 is 0 Å². The third-order valence-corrected chi connectivity index (χ3v) is 4.08. The predicted molar refractivity (Wildman–Crippen MR) is 77.8 cm³/mol. The van der Waals surface area contributed by atoms with Crippen LogP contribution in [0.3, 0.4) is 0 Å². The maximum atomic E-state index is 12.5. The maximum Gasteiger partial charge on any atom is 0.257 e. The SMILES string of the molecule is Cc1c(C(=O)N2CCN(Cc3ccco3)CC2)cnn1C. The summed E-state index contributed by atoms with van der Waals surface area (Å²) in [6.45, 7) is 5.95. The Kier molecular flexibility index (Phi) is 3.79. The molecule has 112 valence electrons. The van der Waals surface area contributed by atoms with Crippen molar-refractivity contribution in [1.82, 2.24) is 19.6 Å². The van der Waals surface area contributed by atoms with Crippen molar-refractivity contribution in [1.29, 1.82) is 0 Å². The normalized spacial score (nSPS) is 16.4. The second-order valence-corrected chi connectivity index (χ2v) is 5.41. The van der Waals surface area contributed by atoms with E-state index in [1.54, 1.807) is 17.1 Å². The molecule has 21 heavy (non-hydrogen) atoms. The van der Waals surface area contributed by atoms with Crippen LogP contribution in [0.1, 0.15) is 21.8 Å². The highest BCUT2D eigenvalue weighted by Crippen LogP contribution is 2.13. The molecule has 0 N–H and O–H groups in total. The van der Waals surface area contributed by atoms with Crippen LogP contribution in [0, 0.1) is 6.92 Å². The molecule has 6 nitrogen and oxygen atoms in total. The van der Waals surface area contributed by atoms with Gasteiger partial charge in [0.1, 0.15) is 5.76 Å². The largest absolute Gasteiger partial charge is 0.468 e. The number of aromatic nitrogens is 2. The van der Waals surface area contributed by atoms with Gasteiger partial charge in [0, 0.05) is 38.9 Å². The first-order valence-electron chi connectivity index (χ1n) is 7.18. The third-order valence-electron chi connectivity index (χ3n) is 4.08. The number of furan rings is 1. The molecule has 1 amide bonds. The summed E-state index contributed by atoms with van der Waals surface area (Å²) in [4.78, 5) is 16.7. The van der Waals surface area contributed by atoms with Crippen molar-refractivity contribution in [2.45, 2.75) is 13.5 Å². The molecule has 0 atom stereocenters. The van der Waals surface area contributed by atoms with Gasteiger partial charge in [0.2, 0.25) is 0 Å². The van der Waals surface area contributed by atoms with Crippen LogP contribution in [0.4, 0.5) is 0 Å². The van der Waals surface area contributed by atoms with E-state index in [2.05, 4.69) is 10.00 Å². The van der Waals surface area contributed by atoms with E-state index in [-0.39, 0.29) is 5.91 Å². The molecular weight excluding hydrogens is 268 g/mol. The molecule has 0 bridgehead atoms. The van der Waals surface area contributed by atoms with Crippen LogP contribution in [0.2, 0.25) is 0 Å². The number of aryl methyl sites for hydroxylation is 1. The lowest BCUT2D eigenvalue weighted by molar-refractivity contribution is 0.0619. The molecule has 0 aromatic carbocycles. The minimum Gasteiger partial charge on any atom is -0.468 e. The van der Waals surface area contributed by atoms with E-state index >= 15 is 0 Å². The van der Waals surface area contributed by atoms with Crippen LogP contribution in [0.15, 0.2) is 29.0 Å². The summed E-state index contributed by atoms with van der Waals surface area (Å²) in [5.74, 6) is 1.05. The fourth-order valence-electron chi connectivity index (χ4n) is 2.61. The van der Waals surface area contributed by atoms with Crippen LogP contribution < -0.4 is 0 Å². The summed E-state index contributed by atoms with van der Waals surface area (Å²) < 4.78 is 7.10. The molecule has 0 radical (unpaired) electrons. The van der Waals surface area contributed by atoms with E-state index in [4.69, 9.17) is 4.42 Å². The highest BCUT2D eigenvalue weighted by molar-refractivity contribution is 5.95. The van der Waals surface area contributed by atoms with Gasteiger partial charge in [-0.2, -0.15) is 5.10 Å². The molecule has 0 saturated carbocycles. The average Bonchev–Trinajstić information content (AvgIpc) is 3.11. The second kappa shape index (κ2) is 5.73. The third kappa shape index (κ3) is 2.85. The number of rotatable bonds is 3. The van der Waals surface area contributed by atoms with Crippen molar-refractivity contribution in [2.24, 2.45) is 7.05 Å². The summed E-state index contributed by atoms with van der Waals surface area (Å²) in [6.07, 6.45) is 3.35. The second-order valence-electron chi connectivity index (χ2n) is 5.41. The fraction of sp³-hybridized carbons (Fsp3) is 0.467. The smallest absolute Gasteiger partial charge is 0.257 e. The summed E-state index contributed by atoms with van der Waals surface area (Å²) in [5, 5.41) is 4.14. The standard InChI is InChI=1S/C15H20N4O2/c1-12-14(10-16-17(12)2)15(20)19-7-5-18(6-8-19)11-13-4-3-9-21-13/h3-4,9-10H,5-8,11H2,1-2H3. The van der Waals surface area contributed by atoms with E-state index in [0.29, 0.717) is 5.56 Å². The van der Waals surface area contributed by atoms with E-state index in [0.717, 1.165) is 44.2 Å². The number of hydrogen-bond donors (Lipinski definition) is 0. The number of carbonyl (C=O) groups is 1. The lowest BCUT2D eigenvalue weighted by atomic mass is 10.2. The zero-order valence-corrected chi connectivity index (χ0v) is 12.5. The minimum atomic E-state index is 0.0817. The zero-order chi connectivity index (χ0) is 14.8. The van der Waals surface area contributed by atoms with Crippen LogP contribution in [-0.4, -0.2) is 51.7 Å². The van der Waals surface area contributed by atoms with Crippen molar-refractivity contribution in [3.8, 4) is 0 Å². The molecule has 6 heteroatoms. The van der Waals surface area contributed by atoms with Crippen LogP contribution in [-0.2, 0) is 13.6 Å². The van der Waals surface area contributed by atoms with Crippen molar-refractivity contribution in [2.75, 3.05) is 26.2 Å². The van der Waals surface area contributed by atoms with Gasteiger partial charge in [0.25, 0.3) is 5.91 Å². The first-order valence-corrected chi connectivity index (χ1v) is 7.18. The molecular formula is C15H20N4O2. The number of piperazine rings is 1. The Morgan fingerprint density at radius 1 is 1.33 bits per heavy atom. The van der Waals surface area contributed by atoms with Crippen molar-refractivity contribution in [3.05, 3.63) is 41.6 Å². The van der Waals surface area contributed by atoms with E-state index in [1.165, 1.54) is 0 Å². The lowest BCUT2D eigenvalue weighted by Crippen LogP contribution is -2.48. The maximum absolute atomic E-state index is 12.5. The monoisotopic (exact) mass is 288 g/mol. The Morgan fingerprint density at radius 2 is 2.10 bits per heavy atom. The van der Waals surface area contributed by atoms with Crippen LogP contribution in [0.5, 0.6) is 0 Å². The first kappa shape index (κ1) is 13.9. The van der Waals surface area contributed by atoms with Crippen LogP contribution >= 0.6 is 0 Å². The predicted octanol–water partition coefficient (Wildman–Crippen LogP) is 1.28. The minimum absolute atomic E-state index is 0.0817. The van der Waals surface area contributed by atoms with Gasteiger partial charge in [-0.3, -0.25) is 14.4 Å². The average molecular weight is 288 g/mol. The Bertz CT molecular complexity index is 610. The molecule has 2 aromatic rings. The van der Waals surface area contributed by atoms with Crippen molar-refractivity contribution in [3.63, 3.8) is 0 Å². The molecule has 0 aliphatic carbocycles. The van der Waals surface area contributed by atoms with E-state index in [9.17, 15) is 4.79 Å². The van der Waals surface area contributed by atoms with Gasteiger partial charge in [0.15, 0.2) is 0 Å².